The molecule has 1 aromatic heterocycles. The van der Waals surface area contributed by atoms with E-state index in [0.29, 0.717) is 5.92 Å². The van der Waals surface area contributed by atoms with Gasteiger partial charge in [-0.1, -0.05) is 0 Å². The van der Waals surface area contributed by atoms with E-state index in [0.717, 1.165) is 12.8 Å². The number of hydrogen-bond donors (Lipinski definition) is 1. The summed E-state index contributed by atoms with van der Waals surface area (Å²) in [6, 6.07) is 0. The quantitative estimate of drug-likeness (QED) is 0.752. The highest BCUT2D eigenvalue weighted by atomic mass is 32.1. The number of carbonyl (C=O) groups excluding carboxylic acids is 1. The molecule has 0 spiro atoms. The predicted molar refractivity (Wildman–Crippen MR) is 46.6 cm³/mol. The molecule has 1 aliphatic carbocycles. The molecule has 1 fully saturated rings. The minimum Gasteiger partial charge on any atom is -0.369 e. The molecule has 4 heteroatoms. The third kappa shape index (κ3) is 1.48. The zero-order valence-electron chi connectivity index (χ0n) is 6.56. The molecular weight excluding hydrogens is 172 g/mol. The summed E-state index contributed by atoms with van der Waals surface area (Å²) in [5, 5.41) is 0. The number of hydrogen-bond acceptors (Lipinski definition) is 3. The first-order chi connectivity index (χ1) is 5.77. The van der Waals surface area contributed by atoms with Crippen LogP contribution >= 0.6 is 11.3 Å². The van der Waals surface area contributed by atoms with Crippen molar-refractivity contribution >= 4 is 17.2 Å². The van der Waals surface area contributed by atoms with Crippen molar-refractivity contribution in [3.05, 3.63) is 16.6 Å². The molecule has 0 bridgehead atoms. The summed E-state index contributed by atoms with van der Waals surface area (Å²) in [7, 11) is 0. The number of amides is 1. The van der Waals surface area contributed by atoms with Crippen LogP contribution in [0.4, 0.5) is 0 Å². The molecule has 2 atom stereocenters. The molecular formula is C8H10N2OS. The lowest BCUT2D eigenvalue weighted by molar-refractivity contribution is -0.119. The van der Waals surface area contributed by atoms with Gasteiger partial charge in [0.25, 0.3) is 0 Å². The van der Waals surface area contributed by atoms with E-state index in [1.54, 1.807) is 11.3 Å². The maximum absolute atomic E-state index is 10.7. The first-order valence-corrected chi connectivity index (χ1v) is 4.82. The standard InChI is InChI=1S/C8H10N2OS/c9-8(11)7-2-5(7)1-6-3-10-4-12-6/h3-5,7H,1-2H2,(H2,9,11). The van der Waals surface area contributed by atoms with Gasteiger partial charge >= 0.3 is 0 Å². The molecule has 2 N–H and O–H groups in total. The molecule has 1 aliphatic rings. The molecule has 12 heavy (non-hydrogen) atoms. The molecule has 1 amide bonds. The van der Waals surface area contributed by atoms with Crippen molar-refractivity contribution in [1.82, 2.24) is 4.98 Å². The van der Waals surface area contributed by atoms with Crippen molar-refractivity contribution < 1.29 is 4.79 Å². The molecule has 64 valence electrons. The van der Waals surface area contributed by atoms with Crippen LogP contribution in [0.15, 0.2) is 11.7 Å². The lowest BCUT2D eigenvalue weighted by Gasteiger charge is -1.92. The Kier molecular flexibility index (Phi) is 1.84. The van der Waals surface area contributed by atoms with Crippen molar-refractivity contribution in [2.45, 2.75) is 12.8 Å². The molecule has 0 radical (unpaired) electrons. The van der Waals surface area contributed by atoms with Crippen LogP contribution in [0.3, 0.4) is 0 Å². The summed E-state index contributed by atoms with van der Waals surface area (Å²) in [5.74, 6) is 0.472. The number of carbonyl (C=O) groups is 1. The lowest BCUT2D eigenvalue weighted by Crippen LogP contribution is -2.14. The van der Waals surface area contributed by atoms with Crippen molar-refractivity contribution in [2.75, 3.05) is 0 Å². The van der Waals surface area contributed by atoms with Gasteiger partial charge in [0.05, 0.1) is 5.51 Å². The van der Waals surface area contributed by atoms with E-state index in [2.05, 4.69) is 4.98 Å². The van der Waals surface area contributed by atoms with E-state index < -0.39 is 0 Å². The van der Waals surface area contributed by atoms with E-state index in [9.17, 15) is 4.79 Å². The molecule has 2 rings (SSSR count). The molecule has 3 nitrogen and oxygen atoms in total. The first-order valence-electron chi connectivity index (χ1n) is 3.94. The van der Waals surface area contributed by atoms with E-state index in [-0.39, 0.29) is 11.8 Å². The van der Waals surface area contributed by atoms with Gasteiger partial charge in [0, 0.05) is 17.0 Å². The number of thiazole rings is 1. The maximum Gasteiger partial charge on any atom is 0.220 e. The Labute approximate surface area is 74.6 Å². The average Bonchev–Trinajstić information content (AvgIpc) is 2.57. The van der Waals surface area contributed by atoms with Gasteiger partial charge in [0.2, 0.25) is 5.91 Å². The third-order valence-electron chi connectivity index (χ3n) is 2.23. The number of nitrogens with zero attached hydrogens (tertiary/aromatic N) is 1. The van der Waals surface area contributed by atoms with Gasteiger partial charge in [-0.05, 0) is 18.8 Å². The van der Waals surface area contributed by atoms with Gasteiger partial charge in [-0.15, -0.1) is 11.3 Å². The summed E-state index contributed by atoms with van der Waals surface area (Å²) >= 11 is 1.64. The molecule has 1 heterocycles. The van der Waals surface area contributed by atoms with Crippen molar-refractivity contribution in [1.29, 1.82) is 0 Å². The third-order valence-corrected chi connectivity index (χ3v) is 3.04. The fourth-order valence-electron chi connectivity index (χ4n) is 1.42. The lowest BCUT2D eigenvalue weighted by atomic mass is 10.2. The minimum absolute atomic E-state index is 0.132. The van der Waals surface area contributed by atoms with E-state index in [1.807, 2.05) is 11.7 Å². The topological polar surface area (TPSA) is 56.0 Å². The summed E-state index contributed by atoms with van der Waals surface area (Å²) < 4.78 is 0. The maximum atomic E-state index is 10.7. The number of primary amides is 1. The second kappa shape index (κ2) is 2.86. The van der Waals surface area contributed by atoms with Gasteiger partial charge < -0.3 is 5.73 Å². The Morgan fingerprint density at radius 2 is 2.67 bits per heavy atom. The predicted octanol–water partition coefficient (Wildman–Crippen LogP) is 0.807. The fraction of sp³-hybridized carbons (Fsp3) is 0.500. The monoisotopic (exact) mass is 182 g/mol. The zero-order chi connectivity index (χ0) is 8.55. The van der Waals surface area contributed by atoms with Crippen molar-refractivity contribution in [3.8, 4) is 0 Å². The van der Waals surface area contributed by atoms with E-state index in [1.165, 1.54) is 4.88 Å². The summed E-state index contributed by atoms with van der Waals surface area (Å²) in [4.78, 5) is 15.9. The van der Waals surface area contributed by atoms with Gasteiger partial charge in [-0.25, -0.2) is 0 Å². The summed E-state index contributed by atoms with van der Waals surface area (Å²) in [6.07, 6.45) is 3.80. The normalized spacial score (nSPS) is 27.0. The van der Waals surface area contributed by atoms with Crippen LogP contribution in [-0.4, -0.2) is 10.9 Å². The van der Waals surface area contributed by atoms with Gasteiger partial charge in [0.1, 0.15) is 0 Å². The minimum atomic E-state index is -0.149. The van der Waals surface area contributed by atoms with Crippen LogP contribution in [0.1, 0.15) is 11.3 Å². The first kappa shape index (κ1) is 7.73. The van der Waals surface area contributed by atoms with Gasteiger partial charge in [-0.2, -0.15) is 0 Å². The Morgan fingerprint density at radius 1 is 1.83 bits per heavy atom. The Bertz CT molecular complexity index is 283. The van der Waals surface area contributed by atoms with Crippen LogP contribution < -0.4 is 5.73 Å². The molecule has 0 saturated heterocycles. The van der Waals surface area contributed by atoms with E-state index >= 15 is 0 Å². The highest BCUT2D eigenvalue weighted by Crippen LogP contribution is 2.41. The number of aromatic nitrogens is 1. The SMILES string of the molecule is NC(=O)C1CC1Cc1cncs1. The van der Waals surface area contributed by atoms with Crippen molar-refractivity contribution in [3.63, 3.8) is 0 Å². The molecule has 1 aromatic rings. The highest BCUT2D eigenvalue weighted by Gasteiger charge is 2.41. The average molecular weight is 182 g/mol. The van der Waals surface area contributed by atoms with Crippen LogP contribution in [0.5, 0.6) is 0 Å². The Morgan fingerprint density at radius 3 is 3.17 bits per heavy atom. The Balaban J connectivity index is 1.88. The largest absolute Gasteiger partial charge is 0.369 e. The van der Waals surface area contributed by atoms with Crippen LogP contribution in [0.2, 0.25) is 0 Å². The number of nitrogens with two attached hydrogens (primary N) is 1. The molecule has 2 unspecified atom stereocenters. The van der Waals surface area contributed by atoms with Crippen LogP contribution in [0.25, 0.3) is 0 Å². The van der Waals surface area contributed by atoms with Gasteiger partial charge in [-0.3, -0.25) is 9.78 Å². The smallest absolute Gasteiger partial charge is 0.220 e. The highest BCUT2D eigenvalue weighted by molar-refractivity contribution is 7.09. The second-order valence-electron chi connectivity index (χ2n) is 3.18. The van der Waals surface area contributed by atoms with Crippen molar-refractivity contribution in [2.24, 2.45) is 17.6 Å². The molecule has 1 saturated carbocycles. The zero-order valence-corrected chi connectivity index (χ0v) is 7.38. The molecule has 0 aliphatic heterocycles. The fourth-order valence-corrected chi connectivity index (χ4v) is 2.11. The second-order valence-corrected chi connectivity index (χ2v) is 4.15. The summed E-state index contributed by atoms with van der Waals surface area (Å²) in [6.45, 7) is 0. The molecule has 0 aromatic carbocycles. The van der Waals surface area contributed by atoms with Crippen LogP contribution in [-0.2, 0) is 11.2 Å². The summed E-state index contributed by atoms with van der Waals surface area (Å²) in [5.41, 5.74) is 6.98. The number of rotatable bonds is 3. The van der Waals surface area contributed by atoms with Crippen LogP contribution in [0, 0.1) is 11.8 Å². The van der Waals surface area contributed by atoms with Gasteiger partial charge in [0.15, 0.2) is 0 Å². The Hall–Kier alpha value is -0.900. The van der Waals surface area contributed by atoms with E-state index in [4.69, 9.17) is 5.73 Å².